The van der Waals surface area contributed by atoms with Crippen LogP contribution in [0.2, 0.25) is 0 Å². The normalized spacial score (nSPS) is 11.4. The maximum atomic E-state index is 11.8. The number of hydrogen-bond donors (Lipinski definition) is 2. The van der Waals surface area contributed by atoms with Crippen LogP contribution in [0.15, 0.2) is 48.5 Å². The number of methoxy groups -OCH3 is 2. The van der Waals surface area contributed by atoms with Gasteiger partial charge in [-0.25, -0.2) is 4.79 Å². The molecule has 1 amide bonds. The molecular formula is C21H25NO7. The number of amides is 1. The van der Waals surface area contributed by atoms with E-state index in [0.717, 1.165) is 11.3 Å². The second kappa shape index (κ2) is 11.6. The summed E-state index contributed by atoms with van der Waals surface area (Å²) in [7, 11) is 2.95. The van der Waals surface area contributed by atoms with E-state index in [4.69, 9.17) is 24.1 Å². The van der Waals surface area contributed by atoms with Gasteiger partial charge in [-0.2, -0.15) is 0 Å². The van der Waals surface area contributed by atoms with Gasteiger partial charge in [0.15, 0.2) is 12.7 Å². The lowest BCUT2D eigenvalue weighted by atomic mass is 10.1. The minimum absolute atomic E-state index is 0.127. The maximum Gasteiger partial charge on any atom is 0.333 e. The molecule has 0 saturated heterocycles. The van der Waals surface area contributed by atoms with Gasteiger partial charge >= 0.3 is 5.97 Å². The van der Waals surface area contributed by atoms with Crippen LogP contribution >= 0.6 is 0 Å². The van der Waals surface area contributed by atoms with E-state index >= 15 is 0 Å². The van der Waals surface area contributed by atoms with Crippen molar-refractivity contribution in [3.63, 3.8) is 0 Å². The summed E-state index contributed by atoms with van der Waals surface area (Å²) >= 11 is 0. The molecule has 156 valence electrons. The summed E-state index contributed by atoms with van der Waals surface area (Å²) in [5.74, 6) is 0.673. The standard InChI is InChI=1S/C21H25NO7/c1-26-16-7-9-17(10-8-16)28-12-11-22-20(23)14-29-18-5-3-15(4-6-18)13-19(27-2)21(24)25/h3-10,19H,11-14H2,1-2H3,(H,22,23)(H,24,25). The van der Waals surface area contributed by atoms with E-state index in [1.165, 1.54) is 7.11 Å². The van der Waals surface area contributed by atoms with Gasteiger partial charge in [0.05, 0.1) is 13.7 Å². The lowest BCUT2D eigenvalue weighted by Crippen LogP contribution is -2.32. The topological polar surface area (TPSA) is 103 Å². The fourth-order valence-electron chi connectivity index (χ4n) is 2.44. The van der Waals surface area contributed by atoms with Gasteiger partial charge in [-0.1, -0.05) is 12.1 Å². The largest absolute Gasteiger partial charge is 0.497 e. The molecule has 0 bridgehead atoms. The summed E-state index contributed by atoms with van der Waals surface area (Å²) in [5.41, 5.74) is 0.798. The Bertz CT molecular complexity index is 775. The lowest BCUT2D eigenvalue weighted by molar-refractivity contribution is -0.148. The maximum absolute atomic E-state index is 11.8. The van der Waals surface area contributed by atoms with E-state index < -0.39 is 12.1 Å². The van der Waals surface area contributed by atoms with Crippen molar-refractivity contribution in [1.82, 2.24) is 5.32 Å². The first-order valence-electron chi connectivity index (χ1n) is 9.02. The van der Waals surface area contributed by atoms with Crippen LogP contribution < -0.4 is 19.5 Å². The molecule has 0 fully saturated rings. The van der Waals surface area contributed by atoms with Gasteiger partial charge in [-0.15, -0.1) is 0 Å². The van der Waals surface area contributed by atoms with Crippen LogP contribution in [0.25, 0.3) is 0 Å². The fraction of sp³-hybridized carbons (Fsp3) is 0.333. The highest BCUT2D eigenvalue weighted by atomic mass is 16.5. The average molecular weight is 403 g/mol. The van der Waals surface area contributed by atoms with Crippen molar-refractivity contribution in [3.8, 4) is 17.2 Å². The minimum atomic E-state index is -1.01. The lowest BCUT2D eigenvalue weighted by Gasteiger charge is -2.11. The summed E-state index contributed by atoms with van der Waals surface area (Å²) in [6.45, 7) is 0.551. The van der Waals surface area contributed by atoms with E-state index in [9.17, 15) is 9.59 Å². The number of carboxylic acid groups (broad SMARTS) is 1. The van der Waals surface area contributed by atoms with Crippen molar-refractivity contribution in [1.29, 1.82) is 0 Å². The Morgan fingerprint density at radius 1 is 0.931 bits per heavy atom. The molecule has 0 aliphatic carbocycles. The molecule has 2 aromatic carbocycles. The van der Waals surface area contributed by atoms with E-state index in [1.54, 1.807) is 55.6 Å². The van der Waals surface area contributed by atoms with Crippen LogP contribution in [0.5, 0.6) is 17.2 Å². The second-order valence-electron chi connectivity index (χ2n) is 6.07. The monoisotopic (exact) mass is 403 g/mol. The molecule has 8 nitrogen and oxygen atoms in total. The molecule has 29 heavy (non-hydrogen) atoms. The number of rotatable bonds is 12. The van der Waals surface area contributed by atoms with Gasteiger partial charge in [0, 0.05) is 13.5 Å². The van der Waals surface area contributed by atoms with Gasteiger partial charge in [0.25, 0.3) is 5.91 Å². The minimum Gasteiger partial charge on any atom is -0.497 e. The number of hydrogen-bond acceptors (Lipinski definition) is 6. The van der Waals surface area contributed by atoms with Crippen LogP contribution in [-0.2, 0) is 20.7 Å². The van der Waals surface area contributed by atoms with E-state index in [1.807, 2.05) is 0 Å². The molecular weight excluding hydrogens is 378 g/mol. The fourth-order valence-corrected chi connectivity index (χ4v) is 2.44. The number of benzene rings is 2. The molecule has 2 aromatic rings. The molecule has 0 radical (unpaired) electrons. The number of carbonyl (C=O) groups excluding carboxylic acids is 1. The Hall–Kier alpha value is -3.26. The third kappa shape index (κ3) is 7.71. The Morgan fingerprint density at radius 2 is 1.52 bits per heavy atom. The second-order valence-corrected chi connectivity index (χ2v) is 6.07. The molecule has 1 atom stereocenters. The van der Waals surface area contributed by atoms with Gasteiger partial charge < -0.3 is 29.4 Å². The number of nitrogens with one attached hydrogen (secondary N) is 1. The van der Waals surface area contributed by atoms with E-state index in [0.29, 0.717) is 24.7 Å². The highest BCUT2D eigenvalue weighted by Crippen LogP contribution is 2.17. The smallest absolute Gasteiger partial charge is 0.333 e. The Morgan fingerprint density at radius 3 is 2.10 bits per heavy atom. The van der Waals surface area contributed by atoms with Crippen molar-refractivity contribution < 1.29 is 33.6 Å². The molecule has 8 heteroatoms. The number of carbonyl (C=O) groups is 2. The Labute approximate surface area is 169 Å². The first kappa shape index (κ1) is 22.0. The van der Waals surface area contributed by atoms with E-state index in [2.05, 4.69) is 5.32 Å². The molecule has 1 unspecified atom stereocenters. The van der Waals surface area contributed by atoms with Gasteiger partial charge in [-0.05, 0) is 42.0 Å². The predicted molar refractivity (Wildman–Crippen MR) is 106 cm³/mol. The molecule has 2 N–H and O–H groups in total. The number of aliphatic carboxylic acids is 1. The molecule has 0 aliphatic heterocycles. The quantitative estimate of drug-likeness (QED) is 0.522. The van der Waals surface area contributed by atoms with E-state index in [-0.39, 0.29) is 18.9 Å². The Balaban J connectivity index is 1.66. The third-order valence-electron chi connectivity index (χ3n) is 4.03. The zero-order valence-corrected chi connectivity index (χ0v) is 16.4. The zero-order valence-electron chi connectivity index (χ0n) is 16.4. The average Bonchev–Trinajstić information content (AvgIpc) is 2.74. The third-order valence-corrected chi connectivity index (χ3v) is 4.03. The molecule has 0 heterocycles. The van der Waals surface area contributed by atoms with Crippen molar-refractivity contribution >= 4 is 11.9 Å². The van der Waals surface area contributed by atoms with Crippen LogP contribution in [0.4, 0.5) is 0 Å². The molecule has 0 spiro atoms. The first-order chi connectivity index (χ1) is 14.0. The number of carboxylic acids is 1. The van der Waals surface area contributed by atoms with Crippen LogP contribution in [-0.4, -0.2) is 57.1 Å². The van der Waals surface area contributed by atoms with Crippen molar-refractivity contribution in [3.05, 3.63) is 54.1 Å². The highest BCUT2D eigenvalue weighted by molar-refractivity contribution is 5.77. The summed E-state index contributed by atoms with van der Waals surface area (Å²) in [6.07, 6.45) is -0.645. The molecule has 0 aromatic heterocycles. The summed E-state index contributed by atoms with van der Waals surface area (Å²) in [4.78, 5) is 22.8. The van der Waals surface area contributed by atoms with Crippen LogP contribution in [0.1, 0.15) is 5.56 Å². The number of ether oxygens (including phenoxy) is 4. The van der Waals surface area contributed by atoms with Crippen molar-refractivity contribution in [2.45, 2.75) is 12.5 Å². The van der Waals surface area contributed by atoms with Crippen molar-refractivity contribution in [2.24, 2.45) is 0 Å². The zero-order chi connectivity index (χ0) is 21.1. The summed E-state index contributed by atoms with van der Waals surface area (Å²) < 4.78 is 20.9. The van der Waals surface area contributed by atoms with Gasteiger partial charge in [-0.3, -0.25) is 4.79 Å². The molecule has 0 aliphatic rings. The SMILES string of the molecule is COc1ccc(OCCNC(=O)COc2ccc(CC(OC)C(=O)O)cc2)cc1. The Kier molecular flexibility index (Phi) is 8.78. The predicted octanol–water partition coefficient (Wildman–Crippen LogP) is 1.91. The highest BCUT2D eigenvalue weighted by Gasteiger charge is 2.16. The van der Waals surface area contributed by atoms with Crippen LogP contribution in [0, 0.1) is 0 Å². The molecule has 0 saturated carbocycles. The van der Waals surface area contributed by atoms with Gasteiger partial charge in [0.1, 0.15) is 23.9 Å². The summed E-state index contributed by atoms with van der Waals surface area (Å²) in [5, 5.41) is 11.7. The van der Waals surface area contributed by atoms with Crippen LogP contribution in [0.3, 0.4) is 0 Å². The summed E-state index contributed by atoms with van der Waals surface area (Å²) in [6, 6.07) is 14.0. The van der Waals surface area contributed by atoms with Gasteiger partial charge in [0.2, 0.25) is 0 Å². The molecule has 2 rings (SSSR count). The van der Waals surface area contributed by atoms with Crippen molar-refractivity contribution in [2.75, 3.05) is 34.0 Å². The first-order valence-corrected chi connectivity index (χ1v) is 9.02.